The summed E-state index contributed by atoms with van der Waals surface area (Å²) >= 11 is 0. The third-order valence-electron chi connectivity index (χ3n) is 4.80. The number of rotatable bonds is 3. The number of nitrogens with one attached hydrogen (secondary N) is 2. The number of anilines is 1. The molecule has 2 heterocycles. The zero-order valence-electron chi connectivity index (χ0n) is 13.7. The van der Waals surface area contributed by atoms with Crippen molar-refractivity contribution in [3.05, 3.63) is 29.3 Å². The lowest BCUT2D eigenvalue weighted by Crippen LogP contribution is -2.46. The Labute approximate surface area is 133 Å². The van der Waals surface area contributed by atoms with E-state index in [1.807, 2.05) is 6.07 Å². The molecule has 2 unspecified atom stereocenters. The van der Waals surface area contributed by atoms with Gasteiger partial charge in [0.15, 0.2) is 0 Å². The van der Waals surface area contributed by atoms with Crippen molar-refractivity contribution in [2.24, 2.45) is 0 Å². The van der Waals surface area contributed by atoms with E-state index in [2.05, 4.69) is 41.5 Å². The molecule has 120 valence electrons. The van der Waals surface area contributed by atoms with E-state index in [4.69, 9.17) is 0 Å². The van der Waals surface area contributed by atoms with Gasteiger partial charge < -0.3 is 15.5 Å². The Bertz CT molecular complexity index is 537. The van der Waals surface area contributed by atoms with Crippen molar-refractivity contribution in [1.82, 2.24) is 10.6 Å². The summed E-state index contributed by atoms with van der Waals surface area (Å²) in [5, 5.41) is 6.68. The highest BCUT2D eigenvalue weighted by Crippen LogP contribution is 2.26. The average molecular weight is 301 g/mol. The quantitative estimate of drug-likeness (QED) is 0.901. The number of carbonyl (C=O) groups is 1. The SMILES string of the molecule is Cc1ccc(N2CCCC2)c(C(=O)NC2CCNC(C)C2)c1. The summed E-state index contributed by atoms with van der Waals surface area (Å²) in [6, 6.07) is 7.02. The molecule has 0 aromatic heterocycles. The third-order valence-corrected chi connectivity index (χ3v) is 4.80. The molecule has 0 radical (unpaired) electrons. The van der Waals surface area contributed by atoms with Crippen molar-refractivity contribution in [3.63, 3.8) is 0 Å². The number of aryl methyl sites for hydroxylation is 1. The molecule has 0 spiro atoms. The van der Waals surface area contributed by atoms with Crippen LogP contribution in [-0.2, 0) is 0 Å². The Kier molecular flexibility index (Phi) is 4.67. The number of nitrogens with zero attached hydrogens (tertiary/aromatic N) is 1. The van der Waals surface area contributed by atoms with Crippen LogP contribution >= 0.6 is 0 Å². The second kappa shape index (κ2) is 6.69. The fourth-order valence-corrected chi connectivity index (χ4v) is 3.59. The smallest absolute Gasteiger partial charge is 0.253 e. The van der Waals surface area contributed by atoms with Gasteiger partial charge in [0, 0.05) is 30.9 Å². The minimum Gasteiger partial charge on any atom is -0.371 e. The van der Waals surface area contributed by atoms with Crippen molar-refractivity contribution in [1.29, 1.82) is 0 Å². The van der Waals surface area contributed by atoms with Gasteiger partial charge in [-0.2, -0.15) is 0 Å². The highest BCUT2D eigenvalue weighted by atomic mass is 16.1. The van der Waals surface area contributed by atoms with Crippen molar-refractivity contribution in [3.8, 4) is 0 Å². The fourth-order valence-electron chi connectivity index (χ4n) is 3.59. The molecule has 2 atom stereocenters. The first-order valence-electron chi connectivity index (χ1n) is 8.53. The number of benzene rings is 1. The van der Waals surface area contributed by atoms with Crippen LogP contribution in [0.15, 0.2) is 18.2 Å². The lowest BCUT2D eigenvalue weighted by Gasteiger charge is -2.29. The zero-order chi connectivity index (χ0) is 15.5. The normalized spacial score (nSPS) is 25.3. The van der Waals surface area contributed by atoms with E-state index in [1.165, 1.54) is 12.8 Å². The monoisotopic (exact) mass is 301 g/mol. The maximum Gasteiger partial charge on any atom is 0.253 e. The van der Waals surface area contributed by atoms with Crippen LogP contribution in [0.5, 0.6) is 0 Å². The van der Waals surface area contributed by atoms with Gasteiger partial charge in [0.05, 0.1) is 5.56 Å². The summed E-state index contributed by atoms with van der Waals surface area (Å²) in [5.74, 6) is 0.0877. The molecule has 0 bridgehead atoms. The van der Waals surface area contributed by atoms with Crippen LogP contribution in [0.2, 0.25) is 0 Å². The maximum absolute atomic E-state index is 12.8. The van der Waals surface area contributed by atoms with Crippen molar-refractivity contribution in [2.45, 2.75) is 51.6 Å². The predicted octanol–water partition coefficient (Wildman–Crippen LogP) is 2.47. The Morgan fingerprint density at radius 2 is 2.09 bits per heavy atom. The van der Waals surface area contributed by atoms with Crippen LogP contribution in [0.4, 0.5) is 5.69 Å². The van der Waals surface area contributed by atoms with E-state index in [0.29, 0.717) is 6.04 Å². The Morgan fingerprint density at radius 3 is 2.82 bits per heavy atom. The molecular weight excluding hydrogens is 274 g/mol. The van der Waals surface area contributed by atoms with Crippen LogP contribution < -0.4 is 15.5 Å². The molecule has 2 aliphatic heterocycles. The van der Waals surface area contributed by atoms with Crippen LogP contribution in [0.1, 0.15) is 48.5 Å². The van der Waals surface area contributed by atoms with E-state index >= 15 is 0 Å². The average Bonchev–Trinajstić information content (AvgIpc) is 3.01. The van der Waals surface area contributed by atoms with Gasteiger partial charge in [-0.3, -0.25) is 4.79 Å². The first-order valence-corrected chi connectivity index (χ1v) is 8.53. The van der Waals surface area contributed by atoms with Gasteiger partial charge >= 0.3 is 0 Å². The Balaban J connectivity index is 1.77. The van der Waals surface area contributed by atoms with Gasteiger partial charge in [-0.15, -0.1) is 0 Å². The summed E-state index contributed by atoms with van der Waals surface area (Å²) in [6.45, 7) is 7.35. The minimum atomic E-state index is 0.0877. The molecular formula is C18H27N3O. The van der Waals surface area contributed by atoms with Gasteiger partial charge in [0.2, 0.25) is 0 Å². The standard InChI is InChI=1S/C18H27N3O/c1-13-5-6-17(21-9-3-4-10-21)16(11-13)18(22)20-15-7-8-19-14(2)12-15/h5-6,11,14-15,19H,3-4,7-10,12H2,1-2H3,(H,20,22). The Hall–Kier alpha value is -1.55. The molecule has 22 heavy (non-hydrogen) atoms. The Morgan fingerprint density at radius 1 is 1.32 bits per heavy atom. The first kappa shape index (κ1) is 15.3. The third kappa shape index (κ3) is 3.43. The molecule has 4 heteroatoms. The summed E-state index contributed by atoms with van der Waals surface area (Å²) < 4.78 is 0. The molecule has 2 N–H and O–H groups in total. The van der Waals surface area contributed by atoms with Crippen LogP contribution in [-0.4, -0.2) is 37.6 Å². The molecule has 1 amide bonds. The molecule has 2 saturated heterocycles. The molecule has 2 aliphatic rings. The highest BCUT2D eigenvalue weighted by molar-refractivity contribution is 6.00. The lowest BCUT2D eigenvalue weighted by molar-refractivity contribution is 0.0926. The highest BCUT2D eigenvalue weighted by Gasteiger charge is 2.24. The number of hydrogen-bond donors (Lipinski definition) is 2. The van der Waals surface area contributed by atoms with Gasteiger partial charge in [-0.05, 0) is 58.2 Å². The molecule has 4 nitrogen and oxygen atoms in total. The van der Waals surface area contributed by atoms with Crippen molar-refractivity contribution >= 4 is 11.6 Å². The molecule has 1 aromatic carbocycles. The zero-order valence-corrected chi connectivity index (χ0v) is 13.7. The molecule has 2 fully saturated rings. The van der Waals surface area contributed by atoms with Gasteiger partial charge in [-0.25, -0.2) is 0 Å². The van der Waals surface area contributed by atoms with E-state index in [0.717, 1.165) is 49.3 Å². The van der Waals surface area contributed by atoms with Crippen molar-refractivity contribution < 1.29 is 4.79 Å². The molecule has 0 aliphatic carbocycles. The van der Waals surface area contributed by atoms with E-state index in [1.54, 1.807) is 0 Å². The van der Waals surface area contributed by atoms with Gasteiger partial charge in [0.1, 0.15) is 0 Å². The van der Waals surface area contributed by atoms with Crippen LogP contribution in [0.25, 0.3) is 0 Å². The number of amides is 1. The summed E-state index contributed by atoms with van der Waals surface area (Å²) in [7, 11) is 0. The predicted molar refractivity (Wildman–Crippen MR) is 90.6 cm³/mol. The molecule has 0 saturated carbocycles. The number of piperidine rings is 1. The molecule has 3 rings (SSSR count). The number of carbonyl (C=O) groups excluding carboxylic acids is 1. The van der Waals surface area contributed by atoms with E-state index < -0.39 is 0 Å². The largest absolute Gasteiger partial charge is 0.371 e. The van der Waals surface area contributed by atoms with Crippen molar-refractivity contribution in [2.75, 3.05) is 24.5 Å². The van der Waals surface area contributed by atoms with Gasteiger partial charge in [0.25, 0.3) is 5.91 Å². The summed E-state index contributed by atoms with van der Waals surface area (Å²) in [6.07, 6.45) is 4.47. The first-order chi connectivity index (χ1) is 10.6. The van der Waals surface area contributed by atoms with Crippen LogP contribution in [0, 0.1) is 6.92 Å². The minimum absolute atomic E-state index is 0.0877. The maximum atomic E-state index is 12.8. The van der Waals surface area contributed by atoms with Gasteiger partial charge in [-0.1, -0.05) is 11.6 Å². The topological polar surface area (TPSA) is 44.4 Å². The summed E-state index contributed by atoms with van der Waals surface area (Å²) in [5.41, 5.74) is 3.09. The van der Waals surface area contributed by atoms with E-state index in [-0.39, 0.29) is 11.9 Å². The summed E-state index contributed by atoms with van der Waals surface area (Å²) in [4.78, 5) is 15.1. The fraction of sp³-hybridized carbons (Fsp3) is 0.611. The second-order valence-electron chi connectivity index (χ2n) is 6.76. The van der Waals surface area contributed by atoms with Crippen LogP contribution in [0.3, 0.4) is 0 Å². The molecule has 1 aromatic rings. The number of hydrogen-bond acceptors (Lipinski definition) is 3. The van der Waals surface area contributed by atoms with E-state index in [9.17, 15) is 4.79 Å². The lowest BCUT2D eigenvalue weighted by atomic mass is 9.99. The second-order valence-corrected chi connectivity index (χ2v) is 6.76.